The van der Waals surface area contributed by atoms with Gasteiger partial charge in [0, 0.05) is 13.0 Å². The summed E-state index contributed by atoms with van der Waals surface area (Å²) < 4.78 is 5.86. The van der Waals surface area contributed by atoms with Crippen molar-refractivity contribution in [1.29, 1.82) is 0 Å². The van der Waals surface area contributed by atoms with E-state index < -0.39 is 17.7 Å². The summed E-state index contributed by atoms with van der Waals surface area (Å²) in [5.74, 6) is -0.435. The largest absolute Gasteiger partial charge is 0.503 e. The van der Waals surface area contributed by atoms with Crippen LogP contribution in [0.1, 0.15) is 56.8 Å². The van der Waals surface area contributed by atoms with E-state index in [0.29, 0.717) is 0 Å². The van der Waals surface area contributed by atoms with Gasteiger partial charge in [-0.25, -0.2) is 0 Å². The Morgan fingerprint density at radius 1 is 1.13 bits per heavy atom. The van der Waals surface area contributed by atoms with E-state index in [9.17, 15) is 14.7 Å². The monoisotopic (exact) mass is 407 g/mol. The summed E-state index contributed by atoms with van der Waals surface area (Å²) >= 11 is 0. The lowest BCUT2D eigenvalue weighted by Crippen LogP contribution is -2.30. The van der Waals surface area contributed by atoms with Crippen LogP contribution in [0.5, 0.6) is 5.75 Å². The van der Waals surface area contributed by atoms with Gasteiger partial charge in [-0.15, -0.1) is 0 Å². The van der Waals surface area contributed by atoms with Crippen LogP contribution in [0.3, 0.4) is 0 Å². The van der Waals surface area contributed by atoms with Crippen molar-refractivity contribution in [3.8, 4) is 5.75 Å². The van der Waals surface area contributed by atoms with E-state index in [1.165, 1.54) is 0 Å². The second kappa shape index (κ2) is 8.34. The maximum Gasteiger partial charge on any atom is 0.290 e. The molecule has 0 radical (unpaired) electrons. The van der Waals surface area contributed by atoms with E-state index in [-0.39, 0.29) is 29.9 Å². The highest BCUT2D eigenvalue weighted by molar-refractivity contribution is 6.08. The van der Waals surface area contributed by atoms with Crippen molar-refractivity contribution in [3.63, 3.8) is 0 Å². The Bertz CT molecular complexity index is 983. The number of hydrogen-bond acceptors (Lipinski definition) is 4. The summed E-state index contributed by atoms with van der Waals surface area (Å²) in [4.78, 5) is 27.1. The van der Waals surface area contributed by atoms with E-state index in [1.807, 2.05) is 76.2 Å². The second-order valence-electron chi connectivity index (χ2n) is 8.65. The number of aliphatic hydroxyl groups is 1. The third kappa shape index (κ3) is 4.56. The Morgan fingerprint density at radius 3 is 2.37 bits per heavy atom. The second-order valence-corrected chi connectivity index (χ2v) is 8.65. The summed E-state index contributed by atoms with van der Waals surface area (Å²) in [7, 11) is 0. The summed E-state index contributed by atoms with van der Waals surface area (Å²) in [6.07, 6.45) is 0.224. The predicted molar refractivity (Wildman–Crippen MR) is 116 cm³/mol. The van der Waals surface area contributed by atoms with Gasteiger partial charge in [-0.1, -0.05) is 48.9 Å². The molecule has 1 aliphatic heterocycles. The van der Waals surface area contributed by atoms with Gasteiger partial charge in [0.25, 0.3) is 5.91 Å². The van der Waals surface area contributed by atoms with Crippen LogP contribution in [0.2, 0.25) is 0 Å². The van der Waals surface area contributed by atoms with E-state index in [1.54, 1.807) is 11.8 Å². The molecule has 0 bridgehead atoms. The van der Waals surface area contributed by atoms with Crippen molar-refractivity contribution in [2.24, 2.45) is 0 Å². The van der Waals surface area contributed by atoms with Crippen molar-refractivity contribution in [3.05, 3.63) is 76.6 Å². The zero-order valence-corrected chi connectivity index (χ0v) is 18.2. The topological polar surface area (TPSA) is 66.8 Å². The lowest BCUT2D eigenvalue weighted by Gasteiger charge is -2.27. The summed E-state index contributed by atoms with van der Waals surface area (Å²) in [5.41, 5.74) is 2.62. The van der Waals surface area contributed by atoms with Gasteiger partial charge < -0.3 is 14.7 Å². The third-order valence-electron chi connectivity index (χ3n) is 4.98. The van der Waals surface area contributed by atoms with Gasteiger partial charge in [-0.05, 0) is 51.0 Å². The number of nitrogens with zero attached hydrogens (tertiary/aromatic N) is 1. The Morgan fingerprint density at radius 2 is 1.80 bits per heavy atom. The average Bonchev–Trinajstić information content (AvgIpc) is 2.92. The third-order valence-corrected chi connectivity index (χ3v) is 4.98. The minimum absolute atomic E-state index is 0.181. The molecule has 5 nitrogen and oxygen atoms in total. The summed E-state index contributed by atoms with van der Waals surface area (Å²) in [6, 6.07) is 14.6. The zero-order chi connectivity index (χ0) is 22.1. The maximum atomic E-state index is 12.9. The fourth-order valence-electron chi connectivity index (χ4n) is 3.69. The first kappa shape index (κ1) is 21.6. The van der Waals surface area contributed by atoms with Crippen molar-refractivity contribution < 1.29 is 19.4 Å². The predicted octanol–water partition coefficient (Wildman–Crippen LogP) is 5.05. The van der Waals surface area contributed by atoms with Crippen LogP contribution in [0.15, 0.2) is 59.9 Å². The molecule has 0 saturated carbocycles. The van der Waals surface area contributed by atoms with E-state index in [4.69, 9.17) is 4.74 Å². The molecule has 0 fully saturated rings. The molecule has 1 N–H and O–H groups in total. The lowest BCUT2D eigenvalue weighted by molar-refractivity contribution is -0.130. The Balaban J connectivity index is 1.94. The molecule has 0 aromatic heterocycles. The first-order valence-corrected chi connectivity index (χ1v) is 10.2. The molecular weight excluding hydrogens is 378 g/mol. The molecule has 1 atom stereocenters. The van der Waals surface area contributed by atoms with Gasteiger partial charge in [0.05, 0.1) is 11.6 Å². The van der Waals surface area contributed by atoms with Gasteiger partial charge in [0.15, 0.2) is 11.5 Å². The Labute approximate surface area is 178 Å². The van der Waals surface area contributed by atoms with Crippen LogP contribution >= 0.6 is 0 Å². The highest BCUT2D eigenvalue weighted by atomic mass is 16.5. The number of hydrogen-bond donors (Lipinski definition) is 1. The number of carbonyl (C=O) groups excluding carboxylic acids is 2. The number of aryl methyl sites for hydroxylation is 1. The molecule has 158 valence electrons. The molecule has 2 aromatic rings. The van der Waals surface area contributed by atoms with Gasteiger partial charge in [0.2, 0.25) is 0 Å². The van der Waals surface area contributed by atoms with Crippen molar-refractivity contribution >= 4 is 11.7 Å². The number of aliphatic hydroxyl groups excluding tert-OH is 1. The van der Waals surface area contributed by atoms with Gasteiger partial charge in [-0.2, -0.15) is 0 Å². The molecular formula is C25H29NO4. The van der Waals surface area contributed by atoms with Crippen molar-refractivity contribution in [2.75, 3.05) is 0 Å². The highest BCUT2D eigenvalue weighted by Gasteiger charge is 2.42. The Hall–Kier alpha value is -3.08. The smallest absolute Gasteiger partial charge is 0.290 e. The van der Waals surface area contributed by atoms with Crippen LogP contribution in [-0.2, 0) is 16.1 Å². The van der Waals surface area contributed by atoms with Crippen LogP contribution in [0.25, 0.3) is 0 Å². The number of rotatable bonds is 6. The normalized spacial score (nSPS) is 16.9. The molecule has 30 heavy (non-hydrogen) atoms. The van der Waals surface area contributed by atoms with Crippen LogP contribution in [-0.4, -0.2) is 27.3 Å². The Kier molecular flexibility index (Phi) is 6.01. The molecule has 1 heterocycles. The number of ether oxygens (including phenoxy) is 1. The van der Waals surface area contributed by atoms with Crippen LogP contribution in [0, 0.1) is 6.92 Å². The van der Waals surface area contributed by atoms with E-state index in [0.717, 1.165) is 22.4 Å². The minimum atomic E-state index is -0.602. The van der Waals surface area contributed by atoms with Crippen molar-refractivity contribution in [2.45, 2.75) is 59.2 Å². The van der Waals surface area contributed by atoms with Crippen LogP contribution in [0.4, 0.5) is 0 Å². The number of carbonyl (C=O) groups is 2. The molecule has 1 amide bonds. The average molecular weight is 408 g/mol. The van der Waals surface area contributed by atoms with E-state index in [2.05, 4.69) is 0 Å². The molecule has 3 rings (SSSR count). The molecule has 2 aromatic carbocycles. The number of Topliss-reactive ketones (excluding diaryl/α,β-unsaturated/α-hetero) is 1. The minimum Gasteiger partial charge on any atom is -0.503 e. The van der Waals surface area contributed by atoms with Gasteiger partial charge in [0.1, 0.15) is 11.4 Å². The molecule has 0 spiro atoms. The first-order valence-electron chi connectivity index (χ1n) is 10.2. The summed E-state index contributed by atoms with van der Waals surface area (Å²) in [5, 5.41) is 10.5. The first-order chi connectivity index (χ1) is 14.1. The molecule has 1 aliphatic rings. The molecule has 0 aliphatic carbocycles. The maximum absolute atomic E-state index is 12.9. The number of benzene rings is 2. The zero-order valence-electron chi connectivity index (χ0n) is 18.2. The standard InChI is InChI=1S/C25H29NO4/c1-6-20(27)21-22(18-9-7-8-16(2)14-18)26(24(29)23(21)28)15-17-10-12-19(13-11-17)30-25(3,4)5/h7-14,22,28H,6,15H2,1-5H3. The molecule has 5 heteroatoms. The van der Waals surface area contributed by atoms with Gasteiger partial charge in [-0.3, -0.25) is 9.59 Å². The lowest BCUT2D eigenvalue weighted by atomic mass is 9.94. The quantitative estimate of drug-likeness (QED) is 0.728. The van der Waals surface area contributed by atoms with E-state index >= 15 is 0 Å². The fourth-order valence-corrected chi connectivity index (χ4v) is 3.69. The number of ketones is 1. The van der Waals surface area contributed by atoms with Gasteiger partial charge >= 0.3 is 0 Å². The fraction of sp³-hybridized carbons (Fsp3) is 0.360. The molecule has 0 saturated heterocycles. The highest BCUT2D eigenvalue weighted by Crippen LogP contribution is 2.39. The molecule has 1 unspecified atom stereocenters. The SMILES string of the molecule is CCC(=O)C1=C(O)C(=O)N(Cc2ccc(OC(C)(C)C)cc2)C1c1cccc(C)c1. The van der Waals surface area contributed by atoms with Crippen LogP contribution < -0.4 is 4.74 Å². The van der Waals surface area contributed by atoms with Crippen molar-refractivity contribution in [1.82, 2.24) is 4.90 Å². The number of amides is 1. The summed E-state index contributed by atoms with van der Waals surface area (Å²) in [6.45, 7) is 9.92.